The van der Waals surface area contributed by atoms with Gasteiger partial charge in [-0.1, -0.05) is 58.9 Å². The molecule has 1 nitrogen and oxygen atoms in total. The first-order valence-corrected chi connectivity index (χ1v) is 8.99. The summed E-state index contributed by atoms with van der Waals surface area (Å²) in [5, 5.41) is 13.8. The first kappa shape index (κ1) is 18.9. The second-order valence-electron chi connectivity index (χ2n) is 5.56. The van der Waals surface area contributed by atoms with Gasteiger partial charge in [-0.15, -0.1) is 0 Å². The van der Waals surface area contributed by atoms with Crippen molar-refractivity contribution in [1.29, 1.82) is 0 Å². The number of hydrogen-bond acceptors (Lipinski definition) is 0. The molecule has 0 heterocycles. The maximum atomic E-state index is 11.5. The number of rotatable bonds is 7. The van der Waals surface area contributed by atoms with Crippen molar-refractivity contribution < 1.29 is 5.11 Å². The molecule has 0 aliphatic rings. The summed E-state index contributed by atoms with van der Waals surface area (Å²) >= 11 is 23.9. The Labute approximate surface area is 157 Å². The Balaban J connectivity index is 1.87. The molecule has 2 aromatic carbocycles. The lowest BCUT2D eigenvalue weighted by atomic mass is 9.93. The lowest BCUT2D eigenvalue weighted by Gasteiger charge is -2.14. The highest BCUT2D eigenvalue weighted by Crippen LogP contribution is 2.28. The molecule has 1 unspecified atom stereocenters. The first-order valence-electron chi connectivity index (χ1n) is 7.47. The van der Waals surface area contributed by atoms with Gasteiger partial charge in [-0.05, 0) is 60.7 Å². The smallest absolute Gasteiger partial charge is 0.0890 e. The van der Waals surface area contributed by atoms with Crippen molar-refractivity contribution in [3.63, 3.8) is 0 Å². The molecule has 123 valence electrons. The summed E-state index contributed by atoms with van der Waals surface area (Å²) < 4.78 is 0. The van der Waals surface area contributed by atoms with Crippen molar-refractivity contribution in [3.05, 3.63) is 67.6 Å². The van der Waals surface area contributed by atoms with Crippen LogP contribution in [0.1, 0.15) is 36.3 Å². The van der Waals surface area contributed by atoms with Crippen LogP contribution < -0.4 is 0 Å². The lowest BCUT2D eigenvalue weighted by Crippen LogP contribution is -2.04. The van der Waals surface area contributed by atoms with Gasteiger partial charge in [0.1, 0.15) is 0 Å². The molecule has 0 aliphatic heterocycles. The van der Waals surface area contributed by atoms with Crippen LogP contribution >= 0.6 is 46.4 Å². The van der Waals surface area contributed by atoms with E-state index >= 15 is 0 Å². The van der Waals surface area contributed by atoms with Crippen LogP contribution in [0, 0.1) is 0 Å². The van der Waals surface area contributed by atoms with Crippen LogP contribution in [0.3, 0.4) is 0 Å². The minimum Gasteiger partial charge on any atom is -0.236 e. The van der Waals surface area contributed by atoms with Gasteiger partial charge in [-0.3, -0.25) is 0 Å². The second-order valence-corrected chi connectivity index (χ2v) is 7.25. The van der Waals surface area contributed by atoms with Crippen molar-refractivity contribution >= 4 is 46.4 Å². The van der Waals surface area contributed by atoms with Crippen molar-refractivity contribution in [2.45, 2.75) is 31.6 Å². The molecule has 0 aliphatic carbocycles. The standard InChI is InChI=1S/C18H17Cl4O/c19-15-8-14(9-16(20)10-15)13(11-23)4-2-1-3-12-5-6-17(21)18(22)7-12/h5-10,13H,1-4,11H2. The molecule has 0 N–H and O–H groups in total. The van der Waals surface area contributed by atoms with Crippen molar-refractivity contribution in [1.82, 2.24) is 0 Å². The van der Waals surface area contributed by atoms with Gasteiger partial charge in [0, 0.05) is 16.0 Å². The van der Waals surface area contributed by atoms with E-state index in [9.17, 15) is 5.11 Å². The molecular formula is C18H17Cl4O. The number of hydrogen-bond donors (Lipinski definition) is 0. The SMILES string of the molecule is [O]CC(CCCCc1ccc(Cl)c(Cl)c1)c1cc(Cl)cc(Cl)c1. The average molecular weight is 391 g/mol. The summed E-state index contributed by atoms with van der Waals surface area (Å²) in [5.74, 6) is -0.0556. The zero-order valence-electron chi connectivity index (χ0n) is 12.5. The van der Waals surface area contributed by atoms with Crippen LogP contribution in [-0.4, -0.2) is 6.61 Å². The summed E-state index contributed by atoms with van der Waals surface area (Å²) in [6.07, 6.45) is 3.68. The molecule has 0 spiro atoms. The molecule has 0 aromatic heterocycles. The van der Waals surface area contributed by atoms with E-state index in [0.29, 0.717) is 20.1 Å². The molecule has 0 saturated heterocycles. The van der Waals surface area contributed by atoms with E-state index in [2.05, 4.69) is 0 Å². The highest BCUT2D eigenvalue weighted by atomic mass is 35.5. The van der Waals surface area contributed by atoms with E-state index in [1.54, 1.807) is 6.07 Å². The van der Waals surface area contributed by atoms with Crippen LogP contribution in [-0.2, 0) is 11.5 Å². The minimum absolute atomic E-state index is 0.0556. The van der Waals surface area contributed by atoms with Crippen molar-refractivity contribution in [3.8, 4) is 0 Å². The number of benzene rings is 2. The van der Waals surface area contributed by atoms with Gasteiger partial charge >= 0.3 is 0 Å². The van der Waals surface area contributed by atoms with Gasteiger partial charge in [0.15, 0.2) is 0 Å². The Bertz CT molecular complexity index is 637. The molecule has 0 saturated carbocycles. The Hall–Kier alpha value is -0.440. The third-order valence-corrected chi connectivity index (χ3v) is 4.98. The van der Waals surface area contributed by atoms with Crippen LogP contribution in [0.15, 0.2) is 36.4 Å². The molecule has 2 rings (SSSR count). The van der Waals surface area contributed by atoms with Gasteiger partial charge in [0.05, 0.1) is 16.7 Å². The largest absolute Gasteiger partial charge is 0.236 e. The maximum Gasteiger partial charge on any atom is 0.0890 e. The molecule has 23 heavy (non-hydrogen) atoms. The van der Waals surface area contributed by atoms with Crippen LogP contribution in [0.2, 0.25) is 20.1 Å². The number of aryl methyl sites for hydroxylation is 1. The molecule has 1 radical (unpaired) electrons. The van der Waals surface area contributed by atoms with E-state index in [-0.39, 0.29) is 12.5 Å². The molecule has 5 heteroatoms. The molecule has 0 fully saturated rings. The van der Waals surface area contributed by atoms with Crippen LogP contribution in [0.25, 0.3) is 0 Å². The van der Waals surface area contributed by atoms with Crippen LogP contribution in [0.4, 0.5) is 0 Å². The van der Waals surface area contributed by atoms with Crippen molar-refractivity contribution in [2.24, 2.45) is 0 Å². The Morgan fingerprint density at radius 1 is 0.826 bits per heavy atom. The van der Waals surface area contributed by atoms with E-state index < -0.39 is 0 Å². The monoisotopic (exact) mass is 389 g/mol. The van der Waals surface area contributed by atoms with Gasteiger partial charge in [-0.25, -0.2) is 5.11 Å². The maximum absolute atomic E-state index is 11.5. The number of unbranched alkanes of at least 4 members (excludes halogenated alkanes) is 1. The second kappa shape index (κ2) is 9.15. The van der Waals surface area contributed by atoms with Crippen LogP contribution in [0.5, 0.6) is 0 Å². The summed E-state index contributed by atoms with van der Waals surface area (Å²) in [7, 11) is 0. The van der Waals surface area contributed by atoms with Gasteiger partial charge in [0.25, 0.3) is 0 Å². The fourth-order valence-electron chi connectivity index (χ4n) is 2.57. The molecular weight excluding hydrogens is 374 g/mol. The molecule has 1 atom stereocenters. The van der Waals surface area contributed by atoms with Crippen molar-refractivity contribution in [2.75, 3.05) is 6.61 Å². The molecule has 0 bridgehead atoms. The summed E-state index contributed by atoms with van der Waals surface area (Å²) in [6.45, 7) is -0.163. The minimum atomic E-state index is -0.163. The predicted molar refractivity (Wildman–Crippen MR) is 98.8 cm³/mol. The third-order valence-electron chi connectivity index (χ3n) is 3.81. The summed E-state index contributed by atoms with van der Waals surface area (Å²) in [4.78, 5) is 0. The Morgan fingerprint density at radius 2 is 1.52 bits per heavy atom. The van der Waals surface area contributed by atoms with E-state index in [1.165, 1.54) is 0 Å². The summed E-state index contributed by atoms with van der Waals surface area (Å²) in [6, 6.07) is 11.0. The predicted octanol–water partition coefficient (Wildman–Crippen LogP) is 7.23. The summed E-state index contributed by atoms with van der Waals surface area (Å²) in [5.41, 5.74) is 2.08. The van der Waals surface area contributed by atoms with Gasteiger partial charge in [-0.2, -0.15) is 0 Å². The average Bonchev–Trinajstić information content (AvgIpc) is 2.50. The lowest BCUT2D eigenvalue weighted by molar-refractivity contribution is 0.167. The quantitative estimate of drug-likeness (QED) is 0.444. The van der Waals surface area contributed by atoms with E-state index in [1.807, 2.05) is 30.3 Å². The zero-order chi connectivity index (χ0) is 16.8. The molecule has 2 aromatic rings. The normalized spacial score (nSPS) is 12.4. The fourth-order valence-corrected chi connectivity index (χ4v) is 3.44. The Morgan fingerprint density at radius 3 is 2.13 bits per heavy atom. The fraction of sp³-hybridized carbons (Fsp3) is 0.333. The zero-order valence-corrected chi connectivity index (χ0v) is 15.5. The van der Waals surface area contributed by atoms with Gasteiger partial charge < -0.3 is 0 Å². The van der Waals surface area contributed by atoms with E-state index in [0.717, 1.165) is 36.8 Å². The van der Waals surface area contributed by atoms with Gasteiger partial charge in [0.2, 0.25) is 0 Å². The molecule has 0 amide bonds. The third kappa shape index (κ3) is 5.85. The first-order chi connectivity index (χ1) is 11.0. The topological polar surface area (TPSA) is 19.9 Å². The highest BCUT2D eigenvalue weighted by Gasteiger charge is 2.12. The van der Waals surface area contributed by atoms with E-state index in [4.69, 9.17) is 46.4 Å². The number of halogens is 4. The highest BCUT2D eigenvalue weighted by molar-refractivity contribution is 6.42. The Kier molecular flexibility index (Phi) is 7.52.